The lowest BCUT2D eigenvalue weighted by Gasteiger charge is -2.34. The number of aromatic nitrogens is 3. The second-order valence-corrected chi connectivity index (χ2v) is 11.9. The van der Waals surface area contributed by atoms with Crippen molar-refractivity contribution >= 4 is 46.7 Å². The van der Waals surface area contributed by atoms with Crippen molar-refractivity contribution < 1.29 is 55.0 Å². The number of carboxylic acids is 1. The standard InChI is InChI=1S/C29H35FN8O3.C4F6O2/c1-2-22-26(32-16-24(28(39)40)37-29(41)35-21-7-3-6-20(30)15-21)33-17-34-27(22)38-13-10-18(11-14-38)23-9-8-19-5-4-12-31-25(19)36-23;5-3(6,7)1(11)2(12)4(8,9)10/h3,6-9,15,17-18,24H,2,4-5,10-14,16H2,1H3,(H,31,36)(H,39,40)(H,32,33,34)(H2,35,37,41);/t24-;/m0./s1. The first-order valence-corrected chi connectivity index (χ1v) is 16.3. The highest BCUT2D eigenvalue weighted by Gasteiger charge is 2.54. The molecule has 2 aliphatic heterocycles. The van der Waals surface area contributed by atoms with Crippen LogP contribution in [-0.4, -0.2) is 88.2 Å². The maximum atomic E-state index is 13.4. The van der Waals surface area contributed by atoms with Gasteiger partial charge < -0.3 is 31.3 Å². The molecule has 20 heteroatoms. The first-order chi connectivity index (χ1) is 25.0. The number of aryl methyl sites for hydroxylation is 1. The summed E-state index contributed by atoms with van der Waals surface area (Å²) in [7, 11) is 0. The highest BCUT2D eigenvalue weighted by atomic mass is 19.4. The van der Waals surface area contributed by atoms with Crippen LogP contribution in [0, 0.1) is 5.82 Å². The fourth-order valence-electron chi connectivity index (χ4n) is 5.66. The third-order valence-electron chi connectivity index (χ3n) is 8.29. The monoisotopic (exact) mass is 756 g/mol. The number of nitrogens with zero attached hydrogens (tertiary/aromatic N) is 4. The Kier molecular flexibility index (Phi) is 13.1. The molecular formula is C33H35F7N8O5. The molecule has 5 rings (SSSR count). The van der Waals surface area contributed by atoms with Crippen LogP contribution in [0.2, 0.25) is 0 Å². The van der Waals surface area contributed by atoms with Gasteiger partial charge in [-0.3, -0.25) is 9.59 Å². The van der Waals surface area contributed by atoms with Crippen molar-refractivity contribution in [3.63, 3.8) is 0 Å². The molecular weight excluding hydrogens is 721 g/mol. The molecule has 1 aromatic carbocycles. The number of rotatable bonds is 10. The summed E-state index contributed by atoms with van der Waals surface area (Å²) in [5, 5.41) is 21.1. The maximum absolute atomic E-state index is 13.4. The predicted octanol–water partition coefficient (Wildman–Crippen LogP) is 5.25. The highest BCUT2D eigenvalue weighted by Crippen LogP contribution is 2.33. The maximum Gasteiger partial charge on any atom is 0.458 e. The third kappa shape index (κ3) is 11.0. The first-order valence-electron chi connectivity index (χ1n) is 16.3. The number of hydrogen-bond donors (Lipinski definition) is 5. The number of fused-ring (bicyclic) bond motifs is 1. The molecule has 0 saturated carbocycles. The van der Waals surface area contributed by atoms with Crippen LogP contribution in [0.25, 0.3) is 0 Å². The van der Waals surface area contributed by atoms with Gasteiger partial charge in [-0.1, -0.05) is 19.1 Å². The number of pyridine rings is 1. The van der Waals surface area contributed by atoms with Crippen molar-refractivity contribution in [1.82, 2.24) is 20.3 Å². The van der Waals surface area contributed by atoms with E-state index in [-0.39, 0.29) is 12.2 Å². The summed E-state index contributed by atoms with van der Waals surface area (Å²) in [4.78, 5) is 59.6. The van der Waals surface area contributed by atoms with E-state index >= 15 is 0 Å². The van der Waals surface area contributed by atoms with E-state index in [4.69, 9.17) is 4.98 Å². The van der Waals surface area contributed by atoms with Crippen LogP contribution in [0.5, 0.6) is 0 Å². The van der Waals surface area contributed by atoms with Gasteiger partial charge in [0.05, 0.1) is 0 Å². The topological polar surface area (TPSA) is 179 Å². The SMILES string of the molecule is CCc1c(NC[C@H](NC(=O)Nc2cccc(F)c2)C(=O)O)ncnc1N1CCC(c2ccc3c(n2)NCCC3)CC1.O=C(C(=O)C(F)(F)F)C(F)(F)F. The van der Waals surface area contributed by atoms with Gasteiger partial charge in [0.25, 0.3) is 0 Å². The summed E-state index contributed by atoms with van der Waals surface area (Å²) >= 11 is 0. The number of ketones is 2. The number of anilines is 4. The van der Waals surface area contributed by atoms with Crippen molar-refractivity contribution in [3.8, 4) is 0 Å². The van der Waals surface area contributed by atoms with Crippen LogP contribution in [0.15, 0.2) is 42.7 Å². The number of benzene rings is 1. The zero-order valence-electron chi connectivity index (χ0n) is 28.1. The summed E-state index contributed by atoms with van der Waals surface area (Å²) < 4.78 is 80.4. The zero-order valence-corrected chi connectivity index (χ0v) is 28.1. The van der Waals surface area contributed by atoms with Gasteiger partial charge in [-0.25, -0.2) is 28.9 Å². The second-order valence-electron chi connectivity index (χ2n) is 11.9. The fourth-order valence-corrected chi connectivity index (χ4v) is 5.66. The number of alkyl halides is 6. The third-order valence-corrected chi connectivity index (χ3v) is 8.29. The summed E-state index contributed by atoms with van der Waals surface area (Å²) in [6.07, 6.45) is -5.31. The van der Waals surface area contributed by atoms with E-state index in [0.29, 0.717) is 18.2 Å². The van der Waals surface area contributed by atoms with E-state index in [9.17, 15) is 55.0 Å². The molecule has 2 aromatic heterocycles. The molecule has 5 N–H and O–H groups in total. The van der Waals surface area contributed by atoms with Crippen LogP contribution >= 0.6 is 0 Å². The number of amides is 2. The molecule has 0 unspecified atom stereocenters. The molecule has 0 spiro atoms. The molecule has 1 fully saturated rings. The number of halogens is 7. The molecule has 4 heterocycles. The van der Waals surface area contributed by atoms with E-state index in [1.807, 2.05) is 6.92 Å². The van der Waals surface area contributed by atoms with Gasteiger partial charge in [-0.05, 0) is 61.9 Å². The van der Waals surface area contributed by atoms with Gasteiger partial charge in [0.2, 0.25) is 0 Å². The molecule has 2 aliphatic rings. The Labute approximate surface area is 297 Å². The number of urea groups is 1. The van der Waals surface area contributed by atoms with Gasteiger partial charge in [0.1, 0.15) is 35.6 Å². The summed E-state index contributed by atoms with van der Waals surface area (Å²) in [6.45, 7) is 4.51. The van der Waals surface area contributed by atoms with E-state index in [1.54, 1.807) is 0 Å². The van der Waals surface area contributed by atoms with Crippen molar-refractivity contribution in [2.75, 3.05) is 47.0 Å². The molecule has 0 radical (unpaired) electrons. The molecule has 13 nitrogen and oxygen atoms in total. The van der Waals surface area contributed by atoms with Crippen molar-refractivity contribution in [2.24, 2.45) is 0 Å². The Hall–Kier alpha value is -5.56. The number of carbonyl (C=O) groups is 4. The number of piperidine rings is 1. The number of hydrogen-bond acceptors (Lipinski definition) is 10. The Balaban J connectivity index is 0.000000450. The smallest absolute Gasteiger partial charge is 0.458 e. The lowest BCUT2D eigenvalue weighted by molar-refractivity contribution is -0.193. The highest BCUT2D eigenvalue weighted by molar-refractivity contribution is 6.41. The fraction of sp³-hybridized carbons (Fsp3) is 0.424. The zero-order chi connectivity index (χ0) is 38.9. The molecule has 0 aliphatic carbocycles. The normalized spacial score (nSPS) is 15.1. The minimum atomic E-state index is -5.77. The molecule has 0 bridgehead atoms. The number of carboxylic acid groups (broad SMARTS) is 1. The van der Waals surface area contributed by atoms with Crippen LogP contribution < -0.4 is 26.2 Å². The minimum Gasteiger partial charge on any atom is -0.480 e. The van der Waals surface area contributed by atoms with Crippen molar-refractivity contribution in [2.45, 2.75) is 63.3 Å². The van der Waals surface area contributed by atoms with Crippen LogP contribution in [0.1, 0.15) is 48.9 Å². The quantitative estimate of drug-likeness (QED) is 0.135. The minimum absolute atomic E-state index is 0.102. The average Bonchev–Trinajstić information content (AvgIpc) is 3.11. The number of nitrogens with one attached hydrogen (secondary N) is 4. The predicted molar refractivity (Wildman–Crippen MR) is 177 cm³/mol. The molecule has 3 aromatic rings. The lowest BCUT2D eigenvalue weighted by atomic mass is 9.92. The van der Waals surface area contributed by atoms with E-state index in [0.717, 1.165) is 74.3 Å². The van der Waals surface area contributed by atoms with E-state index in [2.05, 4.69) is 48.3 Å². The average molecular weight is 757 g/mol. The number of aliphatic carboxylic acids is 1. The van der Waals surface area contributed by atoms with Crippen LogP contribution in [-0.2, 0) is 27.2 Å². The van der Waals surface area contributed by atoms with Gasteiger partial charge in [0.15, 0.2) is 0 Å². The summed E-state index contributed by atoms with van der Waals surface area (Å²) in [6, 6.07) is 7.73. The molecule has 1 saturated heterocycles. The number of Topliss-reactive ketones (excluding diaryl/α,β-unsaturated/α-hetero) is 2. The van der Waals surface area contributed by atoms with Crippen LogP contribution in [0.3, 0.4) is 0 Å². The van der Waals surface area contributed by atoms with Gasteiger partial charge in [-0.15, -0.1) is 0 Å². The lowest BCUT2D eigenvalue weighted by Crippen LogP contribution is -2.47. The van der Waals surface area contributed by atoms with E-state index in [1.165, 1.54) is 30.1 Å². The Morgan fingerprint density at radius 1 is 1.00 bits per heavy atom. The molecule has 53 heavy (non-hydrogen) atoms. The van der Waals surface area contributed by atoms with Crippen molar-refractivity contribution in [3.05, 3.63) is 65.4 Å². The van der Waals surface area contributed by atoms with Crippen molar-refractivity contribution in [1.29, 1.82) is 0 Å². The van der Waals surface area contributed by atoms with Gasteiger partial charge in [-0.2, -0.15) is 26.3 Å². The number of carbonyl (C=O) groups excluding carboxylic acids is 3. The van der Waals surface area contributed by atoms with Crippen LogP contribution in [0.4, 0.5) is 58.7 Å². The Morgan fingerprint density at radius 2 is 1.68 bits per heavy atom. The Morgan fingerprint density at radius 3 is 2.28 bits per heavy atom. The van der Waals surface area contributed by atoms with E-state index < -0.39 is 47.8 Å². The molecule has 286 valence electrons. The summed E-state index contributed by atoms with van der Waals surface area (Å²) in [5.74, 6) is -5.78. The molecule has 1 atom stereocenters. The second kappa shape index (κ2) is 17.3. The largest absolute Gasteiger partial charge is 0.480 e. The Bertz CT molecular complexity index is 1780. The molecule has 2 amide bonds. The van der Waals surface area contributed by atoms with Gasteiger partial charge in [0, 0.05) is 49.0 Å². The van der Waals surface area contributed by atoms with Gasteiger partial charge >= 0.3 is 35.9 Å². The first kappa shape index (κ1) is 40.2. The summed E-state index contributed by atoms with van der Waals surface area (Å²) in [5.41, 5.74) is 3.53.